The van der Waals surface area contributed by atoms with Gasteiger partial charge >= 0.3 is 0 Å². The van der Waals surface area contributed by atoms with Gasteiger partial charge in [-0.1, -0.05) is 32.5 Å². The highest BCUT2D eigenvalue weighted by molar-refractivity contribution is 7.89. The van der Waals surface area contributed by atoms with Gasteiger partial charge in [0.15, 0.2) is 0 Å². The largest absolute Gasteiger partial charge is 0.392 e. The van der Waals surface area contributed by atoms with Gasteiger partial charge in [0.05, 0.1) is 16.3 Å². The van der Waals surface area contributed by atoms with E-state index in [1.54, 1.807) is 0 Å². The molecule has 0 amide bonds. The maximum Gasteiger partial charge on any atom is 0.212 e. The monoisotopic (exact) mass is 292 g/mol. The smallest absolute Gasteiger partial charge is 0.212 e. The molecule has 1 aliphatic rings. The molecule has 106 valence electrons. The van der Waals surface area contributed by atoms with Gasteiger partial charge in [-0.25, -0.2) is 13.1 Å². The van der Waals surface area contributed by atoms with Crippen LogP contribution >= 0.6 is 12.2 Å². The molecule has 0 aromatic carbocycles. The Morgan fingerprint density at radius 3 is 2.33 bits per heavy atom. The van der Waals surface area contributed by atoms with Gasteiger partial charge in [-0.3, -0.25) is 0 Å². The molecule has 3 N–H and O–H groups in total. The Hall–Kier alpha value is -0.200. The summed E-state index contributed by atoms with van der Waals surface area (Å²) in [5.41, 5.74) is 5.11. The summed E-state index contributed by atoms with van der Waals surface area (Å²) in [5.74, 6) is 0.803. The van der Waals surface area contributed by atoms with E-state index in [-0.39, 0.29) is 10.7 Å². The second-order valence-electron chi connectivity index (χ2n) is 5.22. The van der Waals surface area contributed by atoms with Gasteiger partial charge in [0.1, 0.15) is 0 Å². The van der Waals surface area contributed by atoms with Gasteiger partial charge in [0, 0.05) is 0 Å². The average molecular weight is 292 g/mol. The molecule has 1 fully saturated rings. The van der Waals surface area contributed by atoms with E-state index in [0.717, 1.165) is 32.1 Å². The van der Waals surface area contributed by atoms with Crippen molar-refractivity contribution in [1.29, 1.82) is 0 Å². The van der Waals surface area contributed by atoms with Gasteiger partial charge in [0.2, 0.25) is 10.0 Å². The molecule has 0 atom stereocenters. The Kier molecular flexibility index (Phi) is 5.55. The summed E-state index contributed by atoms with van der Waals surface area (Å²) in [7, 11) is -3.28. The minimum atomic E-state index is -3.28. The SMILES string of the molecule is CCCS(=O)(=O)NC1(C(N)=S)CCC(CC)CC1. The molecule has 18 heavy (non-hydrogen) atoms. The Balaban J connectivity index is 2.81. The topological polar surface area (TPSA) is 72.2 Å². The van der Waals surface area contributed by atoms with Crippen molar-refractivity contribution in [2.24, 2.45) is 11.7 Å². The van der Waals surface area contributed by atoms with E-state index in [1.165, 1.54) is 0 Å². The lowest BCUT2D eigenvalue weighted by Gasteiger charge is -2.39. The van der Waals surface area contributed by atoms with Crippen LogP contribution in [0.15, 0.2) is 0 Å². The third-order valence-electron chi connectivity index (χ3n) is 3.83. The van der Waals surface area contributed by atoms with Crippen LogP contribution in [0.4, 0.5) is 0 Å². The molecule has 0 spiro atoms. The van der Waals surface area contributed by atoms with Crippen molar-refractivity contribution in [3.63, 3.8) is 0 Å². The second kappa shape index (κ2) is 6.30. The minimum absolute atomic E-state index is 0.134. The molecule has 1 rings (SSSR count). The van der Waals surface area contributed by atoms with E-state index < -0.39 is 15.6 Å². The van der Waals surface area contributed by atoms with E-state index in [9.17, 15) is 8.42 Å². The lowest BCUT2D eigenvalue weighted by molar-refractivity contribution is 0.269. The third kappa shape index (κ3) is 3.90. The molecular weight excluding hydrogens is 268 g/mol. The van der Waals surface area contributed by atoms with Crippen LogP contribution in [0.1, 0.15) is 52.4 Å². The molecular formula is C12H24N2O2S2. The van der Waals surface area contributed by atoms with Crippen molar-refractivity contribution >= 4 is 27.2 Å². The standard InChI is InChI=1S/C12H24N2O2S2/c1-3-9-18(15,16)14-12(11(13)17)7-5-10(4-2)6-8-12/h10,14H,3-9H2,1-2H3,(H2,13,17). The summed E-state index contributed by atoms with van der Waals surface area (Å²) in [6.07, 6.45) is 5.16. The number of nitrogens with two attached hydrogens (primary N) is 1. The second-order valence-corrected chi connectivity index (χ2v) is 7.50. The zero-order valence-electron chi connectivity index (χ0n) is 11.2. The molecule has 6 heteroatoms. The van der Waals surface area contributed by atoms with Crippen molar-refractivity contribution in [2.45, 2.75) is 57.9 Å². The maximum absolute atomic E-state index is 11.9. The van der Waals surface area contributed by atoms with Crippen LogP contribution in [-0.2, 0) is 10.0 Å². The van der Waals surface area contributed by atoms with Crippen LogP contribution < -0.4 is 10.5 Å². The number of thiocarbonyl (C=S) groups is 1. The molecule has 0 aliphatic heterocycles. The molecule has 0 aromatic rings. The first-order valence-corrected chi connectivity index (χ1v) is 8.73. The summed E-state index contributed by atoms with van der Waals surface area (Å²) in [6.45, 7) is 4.01. The van der Waals surface area contributed by atoms with Gasteiger partial charge < -0.3 is 5.73 Å². The number of sulfonamides is 1. The normalized spacial score (nSPS) is 29.1. The van der Waals surface area contributed by atoms with Gasteiger partial charge in [-0.2, -0.15) is 0 Å². The zero-order valence-corrected chi connectivity index (χ0v) is 12.9. The van der Waals surface area contributed by atoms with Crippen molar-refractivity contribution < 1.29 is 8.42 Å². The van der Waals surface area contributed by atoms with Crippen LogP contribution in [0, 0.1) is 5.92 Å². The predicted molar refractivity (Wildman–Crippen MR) is 79.0 cm³/mol. The van der Waals surface area contributed by atoms with Crippen LogP contribution in [0.3, 0.4) is 0 Å². The molecule has 1 aliphatic carbocycles. The predicted octanol–water partition coefficient (Wildman–Crippen LogP) is 1.94. The first-order chi connectivity index (χ1) is 8.35. The Bertz CT molecular complexity index is 385. The maximum atomic E-state index is 11.9. The number of hydrogen-bond donors (Lipinski definition) is 2. The van der Waals surface area contributed by atoms with Crippen molar-refractivity contribution in [1.82, 2.24) is 4.72 Å². The fourth-order valence-corrected chi connectivity index (χ4v) is 4.46. The fourth-order valence-electron chi connectivity index (χ4n) is 2.59. The highest BCUT2D eigenvalue weighted by Crippen LogP contribution is 2.34. The molecule has 0 bridgehead atoms. The summed E-state index contributed by atoms with van der Waals surface area (Å²) >= 11 is 5.11. The quantitative estimate of drug-likeness (QED) is 0.734. The Morgan fingerprint density at radius 2 is 1.94 bits per heavy atom. The first-order valence-electron chi connectivity index (χ1n) is 6.66. The summed E-state index contributed by atoms with van der Waals surface area (Å²) in [6, 6.07) is 0. The molecule has 0 saturated heterocycles. The van der Waals surface area contributed by atoms with Gasteiger partial charge in [-0.15, -0.1) is 0 Å². The summed E-state index contributed by atoms with van der Waals surface area (Å²) < 4.78 is 26.6. The molecule has 0 aromatic heterocycles. The van der Waals surface area contributed by atoms with Crippen molar-refractivity contribution in [3.8, 4) is 0 Å². The van der Waals surface area contributed by atoms with E-state index in [0.29, 0.717) is 12.3 Å². The van der Waals surface area contributed by atoms with Crippen LogP contribution in [0.2, 0.25) is 0 Å². The van der Waals surface area contributed by atoms with Crippen molar-refractivity contribution in [3.05, 3.63) is 0 Å². The van der Waals surface area contributed by atoms with E-state index in [2.05, 4.69) is 11.6 Å². The lowest BCUT2D eigenvalue weighted by atomic mass is 9.76. The molecule has 0 heterocycles. The Labute approximate surface area is 116 Å². The van der Waals surface area contributed by atoms with E-state index in [1.807, 2.05) is 6.92 Å². The van der Waals surface area contributed by atoms with Gasteiger partial charge in [0.25, 0.3) is 0 Å². The van der Waals surface area contributed by atoms with E-state index >= 15 is 0 Å². The third-order valence-corrected chi connectivity index (χ3v) is 5.87. The van der Waals surface area contributed by atoms with Gasteiger partial charge in [-0.05, 0) is 38.0 Å². The first kappa shape index (κ1) is 15.9. The van der Waals surface area contributed by atoms with Crippen LogP contribution in [-0.4, -0.2) is 24.7 Å². The highest BCUT2D eigenvalue weighted by Gasteiger charge is 2.40. The van der Waals surface area contributed by atoms with Crippen molar-refractivity contribution in [2.75, 3.05) is 5.75 Å². The zero-order chi connectivity index (χ0) is 13.8. The molecule has 0 unspecified atom stereocenters. The Morgan fingerprint density at radius 1 is 1.39 bits per heavy atom. The molecule has 0 radical (unpaired) electrons. The lowest BCUT2D eigenvalue weighted by Crippen LogP contribution is -2.58. The highest BCUT2D eigenvalue weighted by atomic mass is 32.2. The number of nitrogens with one attached hydrogen (secondary N) is 1. The fraction of sp³-hybridized carbons (Fsp3) is 0.917. The molecule has 1 saturated carbocycles. The van der Waals surface area contributed by atoms with Crippen LogP contribution in [0.25, 0.3) is 0 Å². The molecule has 4 nitrogen and oxygen atoms in total. The number of rotatable bonds is 6. The minimum Gasteiger partial charge on any atom is -0.392 e. The van der Waals surface area contributed by atoms with E-state index in [4.69, 9.17) is 18.0 Å². The average Bonchev–Trinajstić information content (AvgIpc) is 2.29. The summed E-state index contributed by atoms with van der Waals surface area (Å²) in [4.78, 5) is 0.289. The summed E-state index contributed by atoms with van der Waals surface area (Å²) in [5, 5.41) is 0. The van der Waals surface area contributed by atoms with Crippen LogP contribution in [0.5, 0.6) is 0 Å². The number of hydrogen-bond acceptors (Lipinski definition) is 3.